The molecule has 0 bridgehead atoms. The molecule has 4 nitrogen and oxygen atoms in total. The molecule has 0 saturated carbocycles. The molecular formula is C43H35IrN3O-2. The molecule has 0 spiro atoms. The number of pyridine rings is 3. The van der Waals surface area contributed by atoms with Crippen LogP contribution < -0.4 is 0 Å². The largest absolute Gasteiger partial charge is 0.500 e. The minimum Gasteiger partial charge on any atom is -0.500 e. The molecule has 0 saturated heterocycles. The van der Waals surface area contributed by atoms with E-state index in [0.717, 1.165) is 55.2 Å². The standard InChI is InChI=1S/C22H22N.C21H13N2O.Ir/c1-22(2,3)16-17-9-11-18(12-10-17)20-13-14-23-21(15-20)19-7-5-4-6-8-19;1-13-11-14-8-9-16-15-5-4-6-17(19-7-2-3-10-22-19)20(15)24-21(16)18(14)12-23-13;/h4-7,9-15H,16H2,1-3H3;2-5,7-12H,1H3;/q2*-1;/i16D2;1D3;. The van der Waals surface area contributed by atoms with Crippen LogP contribution in [0.1, 0.15) is 38.9 Å². The van der Waals surface area contributed by atoms with Crippen molar-refractivity contribution < 1.29 is 31.4 Å². The van der Waals surface area contributed by atoms with Crippen molar-refractivity contribution in [3.05, 3.63) is 151 Å². The first-order valence-corrected chi connectivity index (χ1v) is 15.4. The van der Waals surface area contributed by atoms with E-state index >= 15 is 0 Å². The Morgan fingerprint density at radius 2 is 1.52 bits per heavy atom. The Morgan fingerprint density at radius 3 is 2.27 bits per heavy atom. The SMILES string of the molecule is [2H]C([2H])([2H])c1cc2ccc3c4cc[c-]c(-c5ccccn5)c4oc3c2cn1.[2H]C([2H])(c1ccc(-c2ccnc(-c3[c-]cccc3)c2)cc1)C(C)(C)C.[Ir]. The molecule has 0 aliphatic rings. The van der Waals surface area contributed by atoms with Crippen molar-refractivity contribution in [1.82, 2.24) is 15.0 Å². The summed E-state index contributed by atoms with van der Waals surface area (Å²) < 4.78 is 45.7. The van der Waals surface area contributed by atoms with Crippen LogP contribution in [-0.2, 0) is 26.5 Å². The molecule has 0 fully saturated rings. The number of hydrogen-bond acceptors (Lipinski definition) is 4. The Bertz CT molecular complexity index is 2510. The summed E-state index contributed by atoms with van der Waals surface area (Å²) in [6, 6.07) is 40.9. The van der Waals surface area contributed by atoms with Crippen LogP contribution in [0, 0.1) is 24.4 Å². The summed E-state index contributed by atoms with van der Waals surface area (Å²) in [5.41, 5.74) is 7.25. The molecule has 0 aliphatic heterocycles. The maximum atomic E-state index is 8.39. The monoisotopic (exact) mass is 807 g/mol. The molecule has 1 radical (unpaired) electrons. The van der Waals surface area contributed by atoms with Gasteiger partial charge in [0, 0.05) is 62.0 Å². The van der Waals surface area contributed by atoms with E-state index in [9.17, 15) is 0 Å². The van der Waals surface area contributed by atoms with Gasteiger partial charge >= 0.3 is 0 Å². The van der Waals surface area contributed by atoms with Crippen molar-refractivity contribution in [2.24, 2.45) is 5.41 Å². The predicted octanol–water partition coefficient (Wildman–Crippen LogP) is 11.1. The van der Waals surface area contributed by atoms with Crippen molar-refractivity contribution >= 4 is 32.7 Å². The minimum atomic E-state index is -2.24. The first-order chi connectivity index (χ1) is 24.8. The third kappa shape index (κ3) is 7.13. The number of fused-ring (bicyclic) bond motifs is 5. The number of nitrogens with zero attached hydrogens (tertiary/aromatic N) is 3. The second-order valence-corrected chi connectivity index (χ2v) is 12.3. The molecule has 8 aromatic rings. The first kappa shape index (κ1) is 27.0. The van der Waals surface area contributed by atoms with Crippen molar-refractivity contribution in [3.63, 3.8) is 0 Å². The van der Waals surface area contributed by atoms with E-state index in [2.05, 4.69) is 27.1 Å². The zero-order valence-corrected chi connectivity index (χ0v) is 29.1. The molecular weight excluding hydrogens is 767 g/mol. The normalized spacial score (nSPS) is 13.4. The quantitative estimate of drug-likeness (QED) is 0.166. The summed E-state index contributed by atoms with van der Waals surface area (Å²) in [6.45, 7) is 3.53. The van der Waals surface area contributed by atoms with Crippen LogP contribution in [0.2, 0.25) is 0 Å². The molecule has 0 N–H and O–H groups in total. The first-order valence-electron chi connectivity index (χ1n) is 17.9. The van der Waals surface area contributed by atoms with E-state index < -0.39 is 18.6 Å². The summed E-state index contributed by atoms with van der Waals surface area (Å²) in [4.78, 5) is 13.0. The Hall–Kier alpha value is -4.96. The van der Waals surface area contributed by atoms with Crippen molar-refractivity contribution in [2.45, 2.75) is 34.0 Å². The van der Waals surface area contributed by atoms with Gasteiger partial charge in [0.25, 0.3) is 0 Å². The second-order valence-electron chi connectivity index (χ2n) is 12.3. The second kappa shape index (κ2) is 14.0. The Labute approximate surface area is 302 Å². The zero-order chi connectivity index (χ0) is 36.7. The average Bonchev–Trinajstić information content (AvgIpc) is 3.54. The van der Waals surface area contributed by atoms with Gasteiger partial charge in [-0.2, -0.15) is 0 Å². The Balaban J connectivity index is 0.000000179. The van der Waals surface area contributed by atoms with Crippen LogP contribution in [0.25, 0.3) is 66.4 Å². The fourth-order valence-electron chi connectivity index (χ4n) is 5.61. The third-order valence-corrected chi connectivity index (χ3v) is 7.70. The Morgan fingerprint density at radius 1 is 0.708 bits per heavy atom. The van der Waals surface area contributed by atoms with Gasteiger partial charge < -0.3 is 14.4 Å². The molecule has 0 atom stereocenters. The van der Waals surface area contributed by atoms with E-state index in [1.807, 2.05) is 124 Å². The number of benzene rings is 4. The van der Waals surface area contributed by atoms with Gasteiger partial charge in [-0.25, -0.2) is 0 Å². The van der Waals surface area contributed by atoms with Gasteiger partial charge in [0.15, 0.2) is 0 Å². The van der Waals surface area contributed by atoms with E-state index in [1.165, 1.54) is 0 Å². The number of rotatable bonds is 4. The molecule has 48 heavy (non-hydrogen) atoms. The summed E-state index contributed by atoms with van der Waals surface area (Å²) in [7, 11) is 0. The van der Waals surface area contributed by atoms with Gasteiger partial charge in [-0.15, -0.1) is 54.1 Å². The number of aromatic nitrogens is 3. The Kier molecular flexibility index (Phi) is 7.90. The van der Waals surface area contributed by atoms with Crippen molar-refractivity contribution in [3.8, 4) is 33.6 Å². The smallest absolute Gasteiger partial charge is 0.130 e. The molecule has 4 aromatic heterocycles. The van der Waals surface area contributed by atoms with Gasteiger partial charge in [-0.05, 0) is 70.3 Å². The summed E-state index contributed by atoms with van der Waals surface area (Å²) in [6.07, 6.45) is 3.73. The zero-order valence-electron chi connectivity index (χ0n) is 31.7. The van der Waals surface area contributed by atoms with Crippen LogP contribution in [0.15, 0.2) is 132 Å². The fourth-order valence-corrected chi connectivity index (χ4v) is 5.61. The maximum absolute atomic E-state index is 8.39. The van der Waals surface area contributed by atoms with Crippen molar-refractivity contribution in [1.29, 1.82) is 0 Å². The number of hydrogen-bond donors (Lipinski definition) is 0. The molecule has 239 valence electrons. The van der Waals surface area contributed by atoms with Gasteiger partial charge in [-0.1, -0.05) is 86.3 Å². The predicted molar refractivity (Wildman–Crippen MR) is 193 cm³/mol. The van der Waals surface area contributed by atoms with E-state index in [4.69, 9.17) is 11.3 Å². The molecule has 5 heteroatoms. The summed E-state index contributed by atoms with van der Waals surface area (Å²) >= 11 is 0. The van der Waals surface area contributed by atoms with Crippen molar-refractivity contribution in [2.75, 3.05) is 0 Å². The van der Waals surface area contributed by atoms with Gasteiger partial charge in [-0.3, -0.25) is 4.98 Å². The topological polar surface area (TPSA) is 51.8 Å². The molecule has 0 aliphatic carbocycles. The van der Waals surface area contributed by atoms with Crippen LogP contribution in [0.4, 0.5) is 0 Å². The maximum Gasteiger partial charge on any atom is 0.130 e. The molecule has 4 aromatic carbocycles. The summed E-state index contributed by atoms with van der Waals surface area (Å²) in [5, 5.41) is 3.48. The molecule has 4 heterocycles. The summed E-state index contributed by atoms with van der Waals surface area (Å²) in [5.74, 6) is 0. The third-order valence-electron chi connectivity index (χ3n) is 7.70. The van der Waals surface area contributed by atoms with Gasteiger partial charge in [0.05, 0.1) is 5.58 Å². The van der Waals surface area contributed by atoms with E-state index in [0.29, 0.717) is 16.7 Å². The van der Waals surface area contributed by atoms with Crippen LogP contribution in [0.3, 0.4) is 0 Å². The van der Waals surface area contributed by atoms with Gasteiger partial charge in [0.1, 0.15) is 5.58 Å². The number of furan rings is 1. The van der Waals surface area contributed by atoms with E-state index in [-0.39, 0.29) is 25.8 Å². The van der Waals surface area contributed by atoms with Gasteiger partial charge in [0.2, 0.25) is 0 Å². The van der Waals surface area contributed by atoms with Crippen LogP contribution in [-0.4, -0.2) is 15.0 Å². The van der Waals surface area contributed by atoms with Crippen LogP contribution in [0.5, 0.6) is 0 Å². The fraction of sp³-hybridized carbons (Fsp3) is 0.140. The number of aryl methyl sites for hydroxylation is 1. The van der Waals surface area contributed by atoms with Crippen LogP contribution >= 0.6 is 0 Å². The van der Waals surface area contributed by atoms with E-state index in [1.54, 1.807) is 24.7 Å². The minimum absolute atomic E-state index is 0. The molecule has 0 unspecified atom stereocenters. The molecule has 8 rings (SSSR count). The average molecular weight is 807 g/mol. The molecule has 0 amide bonds.